The molecule has 1 amide bonds. The Balaban J connectivity index is 1.60. The van der Waals surface area contributed by atoms with Gasteiger partial charge >= 0.3 is 0 Å². The lowest BCUT2D eigenvalue weighted by atomic mass is 9.99. The van der Waals surface area contributed by atoms with Crippen LogP contribution < -0.4 is 0 Å². The summed E-state index contributed by atoms with van der Waals surface area (Å²) in [5.74, 6) is 1.65. The van der Waals surface area contributed by atoms with Crippen LogP contribution in [-0.2, 0) is 11.3 Å². The number of piperidine rings is 1. The quantitative estimate of drug-likeness (QED) is 0.739. The number of amides is 1. The lowest BCUT2D eigenvalue weighted by molar-refractivity contribution is -0.135. The molecular formula is C17H20N6O. The van der Waals surface area contributed by atoms with Crippen LogP contribution in [-0.4, -0.2) is 41.3 Å². The highest BCUT2D eigenvalue weighted by molar-refractivity contribution is 5.76. The van der Waals surface area contributed by atoms with E-state index in [4.69, 9.17) is 0 Å². The molecule has 0 unspecified atom stereocenters. The van der Waals surface area contributed by atoms with E-state index >= 15 is 0 Å². The number of likely N-dealkylation sites (tertiary alicyclic amines) is 1. The number of aryl methyl sites for hydroxylation is 1. The zero-order valence-electron chi connectivity index (χ0n) is 13.7. The van der Waals surface area contributed by atoms with E-state index in [0.717, 1.165) is 37.3 Å². The standard InChI is InChI=1S/C17H20N6O/c1-13-18-6-11-22(13)12-16(24)23-8-3-2-4-15(23)14-5-9-21-10-7-19-17(21)20-14/h5-7,9-11,15H,2-4,8,12H2,1H3/t15-/m0/s1. The summed E-state index contributed by atoms with van der Waals surface area (Å²) in [7, 11) is 0. The molecule has 4 heterocycles. The van der Waals surface area contributed by atoms with Crippen LogP contribution in [0.3, 0.4) is 0 Å². The van der Waals surface area contributed by atoms with E-state index in [1.165, 1.54) is 0 Å². The van der Waals surface area contributed by atoms with E-state index in [1.54, 1.807) is 12.4 Å². The van der Waals surface area contributed by atoms with Crippen molar-refractivity contribution in [1.29, 1.82) is 0 Å². The summed E-state index contributed by atoms with van der Waals surface area (Å²) in [5.41, 5.74) is 0.920. The van der Waals surface area contributed by atoms with Gasteiger partial charge in [0.2, 0.25) is 11.7 Å². The summed E-state index contributed by atoms with van der Waals surface area (Å²) in [6, 6.07) is 2.02. The van der Waals surface area contributed by atoms with Gasteiger partial charge in [-0.3, -0.25) is 9.20 Å². The Morgan fingerprint density at radius 2 is 2.08 bits per heavy atom. The number of carbonyl (C=O) groups excluding carboxylic acids is 1. The number of hydrogen-bond acceptors (Lipinski definition) is 4. The highest BCUT2D eigenvalue weighted by Crippen LogP contribution is 2.30. The number of aromatic nitrogens is 5. The van der Waals surface area contributed by atoms with Crippen molar-refractivity contribution in [2.75, 3.05) is 6.54 Å². The first kappa shape index (κ1) is 14.9. The first-order valence-corrected chi connectivity index (χ1v) is 8.29. The van der Waals surface area contributed by atoms with Crippen LogP contribution in [0, 0.1) is 6.92 Å². The fourth-order valence-electron chi connectivity index (χ4n) is 3.35. The predicted octanol–water partition coefficient (Wildman–Crippen LogP) is 1.99. The smallest absolute Gasteiger partial charge is 0.243 e. The van der Waals surface area contributed by atoms with Crippen LogP contribution in [0.1, 0.15) is 36.8 Å². The van der Waals surface area contributed by atoms with Gasteiger partial charge in [-0.15, -0.1) is 0 Å². The molecule has 7 nitrogen and oxygen atoms in total. The van der Waals surface area contributed by atoms with Gasteiger partial charge < -0.3 is 9.47 Å². The van der Waals surface area contributed by atoms with E-state index in [1.807, 2.05) is 45.4 Å². The first-order chi connectivity index (χ1) is 11.7. The van der Waals surface area contributed by atoms with E-state index in [9.17, 15) is 4.79 Å². The molecule has 1 aliphatic heterocycles. The Morgan fingerprint density at radius 1 is 1.21 bits per heavy atom. The van der Waals surface area contributed by atoms with E-state index in [0.29, 0.717) is 12.3 Å². The third-order valence-corrected chi connectivity index (χ3v) is 4.68. The Kier molecular flexibility index (Phi) is 3.76. The summed E-state index contributed by atoms with van der Waals surface area (Å²) in [4.78, 5) is 27.9. The van der Waals surface area contributed by atoms with Gasteiger partial charge in [0, 0.05) is 37.5 Å². The maximum absolute atomic E-state index is 12.8. The average Bonchev–Trinajstić information content (AvgIpc) is 3.23. The van der Waals surface area contributed by atoms with E-state index in [2.05, 4.69) is 15.0 Å². The summed E-state index contributed by atoms with van der Waals surface area (Å²) in [5, 5.41) is 0. The average molecular weight is 324 g/mol. The van der Waals surface area contributed by atoms with Gasteiger partial charge in [0.1, 0.15) is 12.4 Å². The summed E-state index contributed by atoms with van der Waals surface area (Å²) >= 11 is 0. The molecule has 4 rings (SSSR count). The highest BCUT2D eigenvalue weighted by atomic mass is 16.2. The van der Waals surface area contributed by atoms with Crippen molar-refractivity contribution in [3.8, 4) is 0 Å². The van der Waals surface area contributed by atoms with Crippen LogP contribution in [0.15, 0.2) is 37.1 Å². The second kappa shape index (κ2) is 6.07. The minimum absolute atomic E-state index is 0.0248. The lowest BCUT2D eigenvalue weighted by Gasteiger charge is -2.35. The molecule has 1 aliphatic rings. The molecule has 124 valence electrons. The molecule has 3 aromatic heterocycles. The zero-order valence-corrected chi connectivity index (χ0v) is 13.7. The normalized spacial score (nSPS) is 18.2. The highest BCUT2D eigenvalue weighted by Gasteiger charge is 2.29. The molecule has 0 N–H and O–H groups in total. The molecule has 3 aromatic rings. The number of carbonyl (C=O) groups is 1. The van der Waals surface area contributed by atoms with E-state index < -0.39 is 0 Å². The number of imidazole rings is 2. The van der Waals surface area contributed by atoms with Crippen LogP contribution in [0.25, 0.3) is 5.78 Å². The van der Waals surface area contributed by atoms with Gasteiger partial charge in [-0.2, -0.15) is 0 Å². The summed E-state index contributed by atoms with van der Waals surface area (Å²) < 4.78 is 3.77. The Morgan fingerprint density at radius 3 is 2.92 bits per heavy atom. The SMILES string of the molecule is Cc1nccn1CC(=O)N1CCCC[C@H]1c1ccn2ccnc2n1. The van der Waals surface area contributed by atoms with Crippen molar-refractivity contribution >= 4 is 11.7 Å². The Bertz CT molecular complexity index is 867. The molecular weight excluding hydrogens is 304 g/mol. The molecule has 7 heteroatoms. The molecule has 1 saturated heterocycles. The minimum atomic E-state index is 0.0248. The minimum Gasteiger partial charge on any atom is -0.333 e. The fraction of sp³-hybridized carbons (Fsp3) is 0.412. The van der Waals surface area contributed by atoms with Crippen molar-refractivity contribution in [2.45, 2.75) is 38.8 Å². The van der Waals surface area contributed by atoms with Crippen LogP contribution in [0.2, 0.25) is 0 Å². The Labute approximate surface area is 140 Å². The molecule has 0 aromatic carbocycles. The first-order valence-electron chi connectivity index (χ1n) is 8.29. The molecule has 0 saturated carbocycles. The maximum Gasteiger partial charge on any atom is 0.243 e. The topological polar surface area (TPSA) is 68.3 Å². The van der Waals surface area contributed by atoms with Gasteiger partial charge in [0.05, 0.1) is 11.7 Å². The zero-order chi connectivity index (χ0) is 16.5. The third kappa shape index (κ3) is 2.66. The number of hydrogen-bond donors (Lipinski definition) is 0. The van der Waals surface area contributed by atoms with Crippen molar-refractivity contribution in [3.63, 3.8) is 0 Å². The van der Waals surface area contributed by atoms with E-state index in [-0.39, 0.29) is 11.9 Å². The number of fused-ring (bicyclic) bond motifs is 1. The summed E-state index contributed by atoms with van der Waals surface area (Å²) in [6.45, 7) is 3.02. The van der Waals surface area contributed by atoms with Gasteiger partial charge in [0.15, 0.2) is 0 Å². The van der Waals surface area contributed by atoms with Crippen molar-refractivity contribution in [1.82, 2.24) is 28.8 Å². The molecule has 0 aliphatic carbocycles. The molecule has 0 spiro atoms. The second-order valence-electron chi connectivity index (χ2n) is 6.19. The molecule has 0 bridgehead atoms. The molecule has 0 radical (unpaired) electrons. The molecule has 1 fully saturated rings. The van der Waals surface area contributed by atoms with Crippen molar-refractivity contribution in [2.24, 2.45) is 0 Å². The second-order valence-corrected chi connectivity index (χ2v) is 6.19. The van der Waals surface area contributed by atoms with Gasteiger partial charge in [-0.05, 0) is 32.3 Å². The fourth-order valence-corrected chi connectivity index (χ4v) is 3.35. The predicted molar refractivity (Wildman–Crippen MR) is 88.3 cm³/mol. The largest absolute Gasteiger partial charge is 0.333 e. The van der Waals surface area contributed by atoms with Crippen LogP contribution in [0.4, 0.5) is 0 Å². The molecule has 1 atom stereocenters. The maximum atomic E-state index is 12.8. The monoisotopic (exact) mass is 324 g/mol. The molecule has 24 heavy (non-hydrogen) atoms. The Hall–Kier alpha value is -2.70. The number of nitrogens with zero attached hydrogens (tertiary/aromatic N) is 6. The van der Waals surface area contributed by atoms with Crippen molar-refractivity contribution in [3.05, 3.63) is 48.6 Å². The number of rotatable bonds is 3. The van der Waals surface area contributed by atoms with Gasteiger partial charge in [0.25, 0.3) is 0 Å². The van der Waals surface area contributed by atoms with Gasteiger partial charge in [-0.1, -0.05) is 0 Å². The van der Waals surface area contributed by atoms with Crippen LogP contribution in [0.5, 0.6) is 0 Å². The lowest BCUT2D eigenvalue weighted by Crippen LogP contribution is -2.40. The van der Waals surface area contributed by atoms with Crippen LogP contribution >= 0.6 is 0 Å². The summed E-state index contributed by atoms with van der Waals surface area (Å²) in [6.07, 6.45) is 12.2. The van der Waals surface area contributed by atoms with Crippen molar-refractivity contribution < 1.29 is 4.79 Å². The van der Waals surface area contributed by atoms with Gasteiger partial charge in [-0.25, -0.2) is 15.0 Å². The third-order valence-electron chi connectivity index (χ3n) is 4.68.